The number of amides is 1. The van der Waals surface area contributed by atoms with Crippen LogP contribution in [0.15, 0.2) is 29.8 Å². The average Bonchev–Trinajstić information content (AvgIpc) is 2.98. The van der Waals surface area contributed by atoms with E-state index in [9.17, 15) is 4.79 Å². The SMILES string of the molecule is CCCNc1ccc(C(=O)NCc2sccc2CC)nc1. The molecule has 0 aliphatic rings. The predicted octanol–water partition coefficient (Wildman–Crippen LogP) is 3.46. The third-order valence-electron chi connectivity index (χ3n) is 3.20. The summed E-state index contributed by atoms with van der Waals surface area (Å²) in [5, 5.41) is 8.23. The fraction of sp³-hybridized carbons (Fsp3) is 0.375. The van der Waals surface area contributed by atoms with Crippen molar-refractivity contribution in [1.82, 2.24) is 10.3 Å². The average molecular weight is 303 g/mol. The molecule has 0 radical (unpaired) electrons. The smallest absolute Gasteiger partial charge is 0.270 e. The van der Waals surface area contributed by atoms with Gasteiger partial charge in [-0.1, -0.05) is 13.8 Å². The van der Waals surface area contributed by atoms with Gasteiger partial charge in [0.1, 0.15) is 5.69 Å². The molecule has 2 rings (SSSR count). The van der Waals surface area contributed by atoms with Crippen LogP contribution in [0.1, 0.15) is 41.2 Å². The van der Waals surface area contributed by atoms with Crippen molar-refractivity contribution in [3.63, 3.8) is 0 Å². The molecule has 0 aliphatic carbocycles. The maximum Gasteiger partial charge on any atom is 0.270 e. The zero-order valence-electron chi connectivity index (χ0n) is 12.5. The van der Waals surface area contributed by atoms with Crippen molar-refractivity contribution >= 4 is 22.9 Å². The van der Waals surface area contributed by atoms with Crippen LogP contribution >= 0.6 is 11.3 Å². The minimum atomic E-state index is -0.132. The fourth-order valence-electron chi connectivity index (χ4n) is 1.99. The minimum Gasteiger partial charge on any atom is -0.384 e. The summed E-state index contributed by atoms with van der Waals surface area (Å²) in [6.07, 6.45) is 3.75. The summed E-state index contributed by atoms with van der Waals surface area (Å²) in [4.78, 5) is 17.5. The normalized spacial score (nSPS) is 10.4. The molecule has 2 aromatic rings. The standard InChI is InChI=1S/C16H21N3OS/c1-3-8-17-13-5-6-14(18-10-13)16(20)19-11-15-12(4-2)7-9-21-15/h5-7,9-10,17H,3-4,8,11H2,1-2H3,(H,19,20). The van der Waals surface area contributed by atoms with Crippen molar-refractivity contribution in [1.29, 1.82) is 0 Å². The van der Waals surface area contributed by atoms with Gasteiger partial charge < -0.3 is 10.6 Å². The van der Waals surface area contributed by atoms with Crippen LogP contribution in [-0.2, 0) is 13.0 Å². The molecule has 21 heavy (non-hydrogen) atoms. The van der Waals surface area contributed by atoms with E-state index in [0.717, 1.165) is 25.1 Å². The highest BCUT2D eigenvalue weighted by atomic mass is 32.1. The van der Waals surface area contributed by atoms with Gasteiger partial charge in [0.05, 0.1) is 18.4 Å². The van der Waals surface area contributed by atoms with Gasteiger partial charge in [-0.25, -0.2) is 4.98 Å². The van der Waals surface area contributed by atoms with Crippen LogP contribution in [0.3, 0.4) is 0 Å². The minimum absolute atomic E-state index is 0.132. The second-order valence-electron chi connectivity index (χ2n) is 4.76. The van der Waals surface area contributed by atoms with Crippen LogP contribution in [0.25, 0.3) is 0 Å². The predicted molar refractivity (Wildman–Crippen MR) is 87.9 cm³/mol. The molecule has 0 atom stereocenters. The molecule has 0 aliphatic heterocycles. The summed E-state index contributed by atoms with van der Waals surface area (Å²) < 4.78 is 0. The number of nitrogens with zero attached hydrogens (tertiary/aromatic N) is 1. The first-order valence-electron chi connectivity index (χ1n) is 7.28. The first kappa shape index (κ1) is 15.5. The van der Waals surface area contributed by atoms with E-state index >= 15 is 0 Å². The number of pyridine rings is 1. The first-order chi connectivity index (χ1) is 10.2. The number of anilines is 1. The molecule has 0 unspecified atom stereocenters. The van der Waals surface area contributed by atoms with Crippen molar-refractivity contribution in [2.75, 3.05) is 11.9 Å². The largest absolute Gasteiger partial charge is 0.384 e. The summed E-state index contributed by atoms with van der Waals surface area (Å²) >= 11 is 1.68. The Morgan fingerprint density at radius 2 is 2.14 bits per heavy atom. The van der Waals surface area contributed by atoms with Gasteiger partial charge in [-0.2, -0.15) is 0 Å². The fourth-order valence-corrected chi connectivity index (χ4v) is 2.91. The molecule has 2 heterocycles. The van der Waals surface area contributed by atoms with E-state index in [2.05, 4.69) is 40.9 Å². The van der Waals surface area contributed by atoms with E-state index in [0.29, 0.717) is 12.2 Å². The van der Waals surface area contributed by atoms with E-state index in [1.807, 2.05) is 6.07 Å². The lowest BCUT2D eigenvalue weighted by Gasteiger charge is -2.07. The second kappa shape index (κ2) is 7.78. The Morgan fingerprint density at radius 1 is 1.29 bits per heavy atom. The van der Waals surface area contributed by atoms with Gasteiger partial charge in [-0.15, -0.1) is 11.3 Å². The number of aryl methyl sites for hydroxylation is 1. The number of aromatic nitrogens is 1. The number of carbonyl (C=O) groups excluding carboxylic acids is 1. The van der Waals surface area contributed by atoms with Gasteiger partial charge in [0.25, 0.3) is 5.91 Å². The highest BCUT2D eigenvalue weighted by molar-refractivity contribution is 7.10. The van der Waals surface area contributed by atoms with Gasteiger partial charge in [-0.3, -0.25) is 4.79 Å². The van der Waals surface area contributed by atoms with Crippen molar-refractivity contribution in [2.24, 2.45) is 0 Å². The van der Waals surface area contributed by atoms with Crippen LogP contribution in [0.2, 0.25) is 0 Å². The first-order valence-corrected chi connectivity index (χ1v) is 8.16. The molecule has 0 bridgehead atoms. The monoisotopic (exact) mass is 303 g/mol. The van der Waals surface area contributed by atoms with Crippen LogP contribution in [0.5, 0.6) is 0 Å². The molecule has 2 N–H and O–H groups in total. The summed E-state index contributed by atoms with van der Waals surface area (Å²) in [7, 11) is 0. The van der Waals surface area contributed by atoms with Crippen LogP contribution < -0.4 is 10.6 Å². The third kappa shape index (κ3) is 4.29. The summed E-state index contributed by atoms with van der Waals surface area (Å²) in [5.74, 6) is -0.132. The quantitative estimate of drug-likeness (QED) is 0.823. The molecule has 2 aromatic heterocycles. The van der Waals surface area contributed by atoms with Crippen molar-refractivity contribution in [3.05, 3.63) is 45.9 Å². The van der Waals surface area contributed by atoms with Crippen LogP contribution in [0.4, 0.5) is 5.69 Å². The Balaban J connectivity index is 1.91. The molecular formula is C16H21N3OS. The number of thiophene rings is 1. The number of hydrogen-bond donors (Lipinski definition) is 2. The number of nitrogens with one attached hydrogen (secondary N) is 2. The maximum absolute atomic E-state index is 12.1. The molecular weight excluding hydrogens is 282 g/mol. The second-order valence-corrected chi connectivity index (χ2v) is 5.76. The van der Waals surface area contributed by atoms with Gasteiger partial charge in [0.2, 0.25) is 0 Å². The Hall–Kier alpha value is -1.88. The third-order valence-corrected chi connectivity index (χ3v) is 4.17. The summed E-state index contributed by atoms with van der Waals surface area (Å²) in [5.41, 5.74) is 2.69. The van der Waals surface area contributed by atoms with E-state index < -0.39 is 0 Å². The number of hydrogen-bond acceptors (Lipinski definition) is 4. The van der Waals surface area contributed by atoms with Gasteiger partial charge >= 0.3 is 0 Å². The zero-order valence-corrected chi connectivity index (χ0v) is 13.3. The molecule has 0 saturated heterocycles. The lowest BCUT2D eigenvalue weighted by molar-refractivity contribution is 0.0946. The van der Waals surface area contributed by atoms with Crippen LogP contribution in [-0.4, -0.2) is 17.4 Å². The Morgan fingerprint density at radius 3 is 2.81 bits per heavy atom. The van der Waals surface area contributed by atoms with E-state index in [4.69, 9.17) is 0 Å². The maximum atomic E-state index is 12.1. The van der Waals surface area contributed by atoms with Crippen molar-refractivity contribution in [2.45, 2.75) is 33.2 Å². The van der Waals surface area contributed by atoms with Gasteiger partial charge in [-0.05, 0) is 42.0 Å². The molecule has 112 valence electrons. The molecule has 1 amide bonds. The highest BCUT2D eigenvalue weighted by Gasteiger charge is 2.09. The van der Waals surface area contributed by atoms with Gasteiger partial charge in [0.15, 0.2) is 0 Å². The molecule has 4 nitrogen and oxygen atoms in total. The molecule has 0 spiro atoms. The van der Waals surface area contributed by atoms with E-state index in [-0.39, 0.29) is 5.91 Å². The lowest BCUT2D eigenvalue weighted by Crippen LogP contribution is -2.23. The summed E-state index contributed by atoms with van der Waals surface area (Å²) in [6.45, 7) is 5.71. The van der Waals surface area contributed by atoms with Crippen LogP contribution in [0, 0.1) is 0 Å². The molecule has 0 fully saturated rings. The summed E-state index contributed by atoms with van der Waals surface area (Å²) in [6, 6.07) is 5.75. The van der Waals surface area contributed by atoms with E-state index in [1.165, 1.54) is 10.4 Å². The number of rotatable bonds is 7. The molecule has 0 aromatic carbocycles. The Bertz CT molecular complexity index is 577. The van der Waals surface area contributed by atoms with Crippen molar-refractivity contribution in [3.8, 4) is 0 Å². The van der Waals surface area contributed by atoms with Crippen molar-refractivity contribution < 1.29 is 4.79 Å². The highest BCUT2D eigenvalue weighted by Crippen LogP contribution is 2.17. The lowest BCUT2D eigenvalue weighted by atomic mass is 10.2. The molecule has 5 heteroatoms. The zero-order chi connectivity index (χ0) is 15.1. The Labute approximate surface area is 129 Å². The topological polar surface area (TPSA) is 54.0 Å². The van der Waals surface area contributed by atoms with Gasteiger partial charge in [0, 0.05) is 11.4 Å². The van der Waals surface area contributed by atoms with E-state index in [1.54, 1.807) is 23.6 Å². The Kier molecular flexibility index (Phi) is 5.75. The number of carbonyl (C=O) groups is 1. The molecule has 0 saturated carbocycles.